The van der Waals surface area contributed by atoms with Gasteiger partial charge in [-0.3, -0.25) is 0 Å². The molecule has 0 saturated heterocycles. The summed E-state index contributed by atoms with van der Waals surface area (Å²) < 4.78 is 25.7. The molecule has 4 N–H and O–H groups in total. The molecule has 1 aromatic rings. The number of halogens is 1. The molecule has 1 aromatic carbocycles. The summed E-state index contributed by atoms with van der Waals surface area (Å²) in [5.41, 5.74) is -1.08. The summed E-state index contributed by atoms with van der Waals surface area (Å²) in [5, 5.41) is 28.6. The van der Waals surface area contributed by atoms with E-state index in [0.29, 0.717) is 10.6 Å². The van der Waals surface area contributed by atoms with Crippen LogP contribution in [0.4, 0.5) is 0 Å². The molecular weight excluding hydrogens is 306 g/mol. The van der Waals surface area contributed by atoms with Crippen molar-refractivity contribution < 1.29 is 23.7 Å². The van der Waals surface area contributed by atoms with Gasteiger partial charge in [-0.2, -0.15) is 4.72 Å². The molecule has 0 bridgehead atoms. The predicted molar refractivity (Wildman–Crippen MR) is 76.5 cm³/mol. The number of sulfonamides is 1. The molecular formula is C12H16ClNO5S. The van der Waals surface area contributed by atoms with Gasteiger partial charge in [-0.05, 0) is 23.8 Å². The lowest BCUT2D eigenvalue weighted by Gasteiger charge is -2.27. The van der Waals surface area contributed by atoms with E-state index in [1.807, 2.05) is 4.72 Å². The zero-order valence-corrected chi connectivity index (χ0v) is 12.1. The van der Waals surface area contributed by atoms with E-state index in [9.17, 15) is 8.42 Å². The van der Waals surface area contributed by atoms with Crippen molar-refractivity contribution in [3.05, 3.63) is 40.3 Å². The van der Waals surface area contributed by atoms with Crippen molar-refractivity contribution in [2.75, 3.05) is 19.8 Å². The van der Waals surface area contributed by atoms with Gasteiger partial charge < -0.3 is 15.3 Å². The molecule has 0 radical (unpaired) electrons. The molecule has 0 aliphatic rings. The fourth-order valence-corrected chi connectivity index (χ4v) is 2.65. The fraction of sp³-hybridized carbons (Fsp3) is 0.333. The number of aliphatic hydroxyl groups is 3. The summed E-state index contributed by atoms with van der Waals surface area (Å²) in [4.78, 5) is 0. The second-order valence-electron chi connectivity index (χ2n) is 4.26. The standard InChI is InChI=1S/C12H16ClNO5S/c13-11-3-1-10(2-4-11)5-6-20(18,19)14-12(7-15,8-16)9-17/h1-6,14-17H,7-9H2/b6-5+. The third kappa shape index (κ3) is 4.86. The van der Waals surface area contributed by atoms with Crippen LogP contribution in [0.15, 0.2) is 29.7 Å². The van der Waals surface area contributed by atoms with Crippen LogP contribution in [0.25, 0.3) is 6.08 Å². The Morgan fingerprint density at radius 2 is 1.60 bits per heavy atom. The van der Waals surface area contributed by atoms with E-state index in [-0.39, 0.29) is 0 Å². The SMILES string of the molecule is O=S(=O)(/C=C/c1ccc(Cl)cc1)NC(CO)(CO)CO. The minimum Gasteiger partial charge on any atom is -0.394 e. The van der Waals surface area contributed by atoms with Gasteiger partial charge in [0.2, 0.25) is 10.0 Å². The molecule has 0 amide bonds. The molecule has 0 aromatic heterocycles. The highest BCUT2D eigenvalue weighted by Crippen LogP contribution is 2.12. The van der Waals surface area contributed by atoms with Gasteiger partial charge in [-0.1, -0.05) is 23.7 Å². The van der Waals surface area contributed by atoms with Crippen LogP contribution in [0, 0.1) is 0 Å². The second kappa shape index (κ2) is 7.16. The first-order valence-electron chi connectivity index (χ1n) is 5.66. The van der Waals surface area contributed by atoms with Crippen molar-refractivity contribution in [3.8, 4) is 0 Å². The molecule has 0 fully saturated rings. The van der Waals surface area contributed by atoms with E-state index in [0.717, 1.165) is 5.41 Å². The van der Waals surface area contributed by atoms with Gasteiger partial charge in [0.25, 0.3) is 0 Å². The Bertz CT molecular complexity index is 543. The Morgan fingerprint density at radius 1 is 1.10 bits per heavy atom. The monoisotopic (exact) mass is 321 g/mol. The van der Waals surface area contributed by atoms with Crippen LogP contribution in [0.5, 0.6) is 0 Å². The molecule has 112 valence electrons. The van der Waals surface area contributed by atoms with Crippen molar-refractivity contribution in [1.29, 1.82) is 0 Å². The van der Waals surface area contributed by atoms with Crippen molar-refractivity contribution in [2.45, 2.75) is 5.54 Å². The summed E-state index contributed by atoms with van der Waals surface area (Å²) in [5.74, 6) is 0. The minimum absolute atomic E-state index is 0.531. The van der Waals surface area contributed by atoms with Crippen LogP contribution in [0.1, 0.15) is 5.56 Å². The Hall–Kier alpha value is -0.960. The lowest BCUT2D eigenvalue weighted by molar-refractivity contribution is 0.0584. The molecule has 0 unspecified atom stereocenters. The Kier molecular flexibility index (Phi) is 6.12. The molecule has 0 aliphatic heterocycles. The zero-order valence-electron chi connectivity index (χ0n) is 10.5. The number of benzene rings is 1. The molecule has 1 rings (SSSR count). The smallest absolute Gasteiger partial charge is 0.234 e. The number of hydrogen-bond donors (Lipinski definition) is 4. The van der Waals surface area contributed by atoms with Crippen molar-refractivity contribution in [3.63, 3.8) is 0 Å². The molecule has 0 saturated carbocycles. The van der Waals surface area contributed by atoms with Gasteiger partial charge in [-0.15, -0.1) is 0 Å². The van der Waals surface area contributed by atoms with Crippen molar-refractivity contribution in [1.82, 2.24) is 4.72 Å². The normalized spacial score (nSPS) is 13.0. The first kappa shape index (κ1) is 17.1. The van der Waals surface area contributed by atoms with E-state index >= 15 is 0 Å². The molecule has 0 spiro atoms. The van der Waals surface area contributed by atoms with Crippen LogP contribution in [0.2, 0.25) is 5.02 Å². The van der Waals surface area contributed by atoms with Crippen LogP contribution in [-0.2, 0) is 10.0 Å². The van der Waals surface area contributed by atoms with Crippen LogP contribution >= 0.6 is 11.6 Å². The molecule has 0 atom stereocenters. The average Bonchev–Trinajstić information content (AvgIpc) is 2.44. The Balaban J connectivity index is 2.87. The van der Waals surface area contributed by atoms with E-state index in [1.54, 1.807) is 24.3 Å². The quantitative estimate of drug-likeness (QED) is 0.563. The number of hydrogen-bond acceptors (Lipinski definition) is 5. The highest BCUT2D eigenvalue weighted by Gasteiger charge is 2.32. The maximum absolute atomic E-state index is 11.8. The molecule has 6 nitrogen and oxygen atoms in total. The van der Waals surface area contributed by atoms with Gasteiger partial charge >= 0.3 is 0 Å². The van der Waals surface area contributed by atoms with Crippen LogP contribution < -0.4 is 4.72 Å². The third-order valence-electron chi connectivity index (χ3n) is 2.58. The van der Waals surface area contributed by atoms with Crippen molar-refractivity contribution >= 4 is 27.7 Å². The summed E-state index contributed by atoms with van der Waals surface area (Å²) in [6.07, 6.45) is 1.33. The highest BCUT2D eigenvalue weighted by atomic mass is 35.5. The zero-order chi connectivity index (χ0) is 15.2. The first-order valence-corrected chi connectivity index (χ1v) is 7.59. The lowest BCUT2D eigenvalue weighted by Crippen LogP contribution is -2.56. The van der Waals surface area contributed by atoms with E-state index in [4.69, 9.17) is 26.9 Å². The van der Waals surface area contributed by atoms with E-state index in [2.05, 4.69) is 0 Å². The minimum atomic E-state index is -3.93. The summed E-state index contributed by atoms with van der Waals surface area (Å²) in [6, 6.07) is 6.49. The van der Waals surface area contributed by atoms with Gasteiger partial charge in [-0.25, -0.2) is 8.42 Å². The van der Waals surface area contributed by atoms with Gasteiger partial charge in [0, 0.05) is 10.4 Å². The maximum atomic E-state index is 11.8. The Morgan fingerprint density at radius 3 is 2.05 bits per heavy atom. The summed E-state index contributed by atoms with van der Waals surface area (Å²) in [7, 11) is -3.93. The topological polar surface area (TPSA) is 107 Å². The predicted octanol–water partition coefficient (Wildman–Crippen LogP) is -0.0542. The number of aliphatic hydroxyl groups excluding tert-OH is 3. The first-order chi connectivity index (χ1) is 9.36. The number of nitrogens with one attached hydrogen (secondary N) is 1. The van der Waals surface area contributed by atoms with E-state index in [1.165, 1.54) is 6.08 Å². The van der Waals surface area contributed by atoms with Gasteiger partial charge in [0.1, 0.15) is 5.54 Å². The summed E-state index contributed by atoms with van der Waals surface area (Å²) in [6.45, 7) is -2.18. The largest absolute Gasteiger partial charge is 0.394 e. The van der Waals surface area contributed by atoms with Crippen LogP contribution in [0.3, 0.4) is 0 Å². The fourth-order valence-electron chi connectivity index (χ4n) is 1.32. The maximum Gasteiger partial charge on any atom is 0.234 e. The van der Waals surface area contributed by atoms with Gasteiger partial charge in [0.05, 0.1) is 19.8 Å². The van der Waals surface area contributed by atoms with Crippen LogP contribution in [-0.4, -0.2) is 49.1 Å². The van der Waals surface area contributed by atoms with Crippen molar-refractivity contribution in [2.24, 2.45) is 0 Å². The molecule has 8 heteroatoms. The average molecular weight is 322 g/mol. The highest BCUT2D eigenvalue weighted by molar-refractivity contribution is 7.92. The summed E-state index contributed by atoms with van der Waals surface area (Å²) >= 11 is 5.71. The van der Waals surface area contributed by atoms with Gasteiger partial charge in [0.15, 0.2) is 0 Å². The Labute approximate surface area is 122 Å². The molecule has 0 heterocycles. The lowest BCUT2D eigenvalue weighted by atomic mass is 10.1. The number of rotatable bonds is 7. The van der Waals surface area contributed by atoms with E-state index < -0.39 is 35.4 Å². The third-order valence-corrected chi connectivity index (χ3v) is 4.04. The molecule has 20 heavy (non-hydrogen) atoms. The second-order valence-corrected chi connectivity index (χ2v) is 6.26. The molecule has 0 aliphatic carbocycles.